The first-order valence-electron chi connectivity index (χ1n) is 12.6. The average molecular weight is 465 g/mol. The van der Waals surface area contributed by atoms with Crippen molar-refractivity contribution in [2.45, 2.75) is 105 Å². The number of hydrogen-bond donors (Lipinski definition) is 2. The number of carboxylic acids is 1. The molecule has 2 aromatic carbocycles. The topological polar surface area (TPSA) is 57.5 Å². The molecule has 0 aromatic heterocycles. The molecular formula is C31H44O3. The van der Waals surface area contributed by atoms with E-state index in [-0.39, 0.29) is 22.3 Å². The zero-order chi connectivity index (χ0) is 26.0. The van der Waals surface area contributed by atoms with Gasteiger partial charge in [-0.1, -0.05) is 106 Å². The van der Waals surface area contributed by atoms with Crippen molar-refractivity contribution in [1.82, 2.24) is 0 Å². The summed E-state index contributed by atoms with van der Waals surface area (Å²) in [5, 5.41) is 21.4. The Hall–Kier alpha value is -2.55. The van der Waals surface area contributed by atoms with Gasteiger partial charge >= 0.3 is 5.97 Å². The summed E-state index contributed by atoms with van der Waals surface area (Å²) in [6, 6.07) is 8.52. The van der Waals surface area contributed by atoms with Gasteiger partial charge in [-0.2, -0.15) is 0 Å². The summed E-state index contributed by atoms with van der Waals surface area (Å²) < 4.78 is 0. The van der Waals surface area contributed by atoms with E-state index in [1.165, 1.54) is 11.1 Å². The van der Waals surface area contributed by atoms with Gasteiger partial charge in [-0.3, -0.25) is 0 Å². The van der Waals surface area contributed by atoms with Crippen LogP contribution in [0, 0.1) is 0 Å². The van der Waals surface area contributed by atoms with Crippen molar-refractivity contribution in [2.75, 3.05) is 0 Å². The lowest BCUT2D eigenvalue weighted by atomic mass is 9.74. The summed E-state index contributed by atoms with van der Waals surface area (Å²) in [7, 11) is 0. The first-order valence-corrected chi connectivity index (χ1v) is 12.6. The predicted octanol–water partition coefficient (Wildman–Crippen LogP) is 8.14. The monoisotopic (exact) mass is 464 g/mol. The number of carboxylic acid groups (broad SMARTS) is 1. The Morgan fingerprint density at radius 2 is 1.29 bits per heavy atom. The number of aromatic hydroxyl groups is 1. The fraction of sp³-hybridized carbons (Fsp3) is 0.516. The van der Waals surface area contributed by atoms with E-state index in [4.69, 9.17) is 0 Å². The van der Waals surface area contributed by atoms with Crippen LogP contribution in [-0.2, 0) is 28.5 Å². The standard InChI is InChI=1S/C31H44O3/c1-11-13-21-15-23(27(20(4)29(33)34)25(17-21)30(5,6)7)19(3)24-16-22(14-12-2)18-26(28(24)32)31(8,9)10/h15-19,32H,4,11-14H2,1-3,5-10H3,(H,33,34). The third kappa shape index (κ3) is 5.92. The Kier molecular flexibility index (Phi) is 8.45. The fourth-order valence-corrected chi connectivity index (χ4v) is 4.76. The Morgan fingerprint density at radius 1 is 0.853 bits per heavy atom. The van der Waals surface area contributed by atoms with Crippen LogP contribution in [0.25, 0.3) is 5.57 Å². The van der Waals surface area contributed by atoms with E-state index < -0.39 is 5.97 Å². The van der Waals surface area contributed by atoms with Crippen LogP contribution in [0.2, 0.25) is 0 Å². The molecule has 2 rings (SSSR count). The maximum absolute atomic E-state index is 12.1. The van der Waals surface area contributed by atoms with Crippen LogP contribution in [0.3, 0.4) is 0 Å². The summed E-state index contributed by atoms with van der Waals surface area (Å²) in [6.07, 6.45) is 3.87. The Bertz CT molecular complexity index is 1060. The lowest BCUT2D eigenvalue weighted by molar-refractivity contribution is -0.130. The number of carbonyl (C=O) groups is 1. The molecule has 0 spiro atoms. The lowest BCUT2D eigenvalue weighted by Gasteiger charge is -2.30. The summed E-state index contributed by atoms with van der Waals surface area (Å²) in [4.78, 5) is 12.1. The number of rotatable bonds is 8. The molecule has 1 unspecified atom stereocenters. The van der Waals surface area contributed by atoms with Crippen molar-refractivity contribution in [1.29, 1.82) is 0 Å². The van der Waals surface area contributed by atoms with Crippen molar-refractivity contribution in [3.05, 3.63) is 69.8 Å². The van der Waals surface area contributed by atoms with Crippen LogP contribution < -0.4 is 0 Å². The molecule has 3 heteroatoms. The second kappa shape index (κ2) is 10.4. The molecule has 0 radical (unpaired) electrons. The van der Waals surface area contributed by atoms with E-state index >= 15 is 0 Å². The van der Waals surface area contributed by atoms with Crippen LogP contribution in [0.15, 0.2) is 30.8 Å². The molecule has 0 saturated heterocycles. The molecule has 0 aliphatic heterocycles. The van der Waals surface area contributed by atoms with Crippen molar-refractivity contribution >= 4 is 11.5 Å². The zero-order valence-electron chi connectivity index (χ0n) is 22.7. The van der Waals surface area contributed by atoms with E-state index in [1.54, 1.807) is 0 Å². The van der Waals surface area contributed by atoms with E-state index in [9.17, 15) is 15.0 Å². The van der Waals surface area contributed by atoms with Gasteiger partial charge in [-0.25, -0.2) is 4.79 Å². The highest BCUT2D eigenvalue weighted by Gasteiger charge is 2.30. The smallest absolute Gasteiger partial charge is 0.335 e. The minimum absolute atomic E-state index is 0.107. The van der Waals surface area contributed by atoms with Crippen molar-refractivity contribution in [3.63, 3.8) is 0 Å². The molecular weight excluding hydrogens is 420 g/mol. The van der Waals surface area contributed by atoms with Crippen molar-refractivity contribution < 1.29 is 15.0 Å². The number of aliphatic carboxylic acids is 1. The SMILES string of the molecule is C=C(C(=O)O)c1c(C(C)c2cc(CCC)cc(C(C)(C)C)c2O)cc(CCC)cc1C(C)(C)C. The van der Waals surface area contributed by atoms with Crippen LogP contribution in [0.5, 0.6) is 5.75 Å². The summed E-state index contributed by atoms with van der Waals surface area (Å²) in [5.74, 6) is -0.895. The largest absolute Gasteiger partial charge is 0.507 e. The number of phenolic OH excluding ortho intramolecular Hbond substituents is 1. The molecule has 1 atom stereocenters. The second-order valence-corrected chi connectivity index (χ2v) is 11.7. The third-order valence-electron chi connectivity index (χ3n) is 6.61. The highest BCUT2D eigenvalue weighted by atomic mass is 16.4. The van der Waals surface area contributed by atoms with Crippen molar-refractivity contribution in [3.8, 4) is 5.75 Å². The van der Waals surface area contributed by atoms with E-state index in [0.29, 0.717) is 11.3 Å². The van der Waals surface area contributed by atoms with Gasteiger partial charge < -0.3 is 10.2 Å². The summed E-state index contributed by atoms with van der Waals surface area (Å²) in [5.41, 5.74) is 6.43. The van der Waals surface area contributed by atoms with Gasteiger partial charge in [0.1, 0.15) is 5.75 Å². The van der Waals surface area contributed by atoms with E-state index in [0.717, 1.165) is 47.9 Å². The molecule has 0 amide bonds. The lowest BCUT2D eigenvalue weighted by Crippen LogP contribution is -2.19. The number of phenols is 1. The molecule has 0 aliphatic rings. The molecule has 2 aromatic rings. The van der Waals surface area contributed by atoms with Crippen LogP contribution in [0.1, 0.15) is 120 Å². The number of benzene rings is 2. The minimum Gasteiger partial charge on any atom is -0.507 e. The van der Waals surface area contributed by atoms with Gasteiger partial charge in [0.2, 0.25) is 0 Å². The zero-order valence-corrected chi connectivity index (χ0v) is 22.7. The normalized spacial score (nSPS) is 13.1. The quantitative estimate of drug-likeness (QED) is 0.388. The molecule has 34 heavy (non-hydrogen) atoms. The van der Waals surface area contributed by atoms with Gasteiger partial charge in [0, 0.05) is 11.5 Å². The minimum atomic E-state index is -1.01. The molecule has 0 saturated carbocycles. The highest BCUT2D eigenvalue weighted by Crippen LogP contribution is 2.44. The molecule has 186 valence electrons. The summed E-state index contributed by atoms with van der Waals surface area (Å²) >= 11 is 0. The Balaban J connectivity index is 2.94. The van der Waals surface area contributed by atoms with Gasteiger partial charge in [0.05, 0.1) is 5.57 Å². The highest BCUT2D eigenvalue weighted by molar-refractivity contribution is 6.15. The molecule has 0 fully saturated rings. The van der Waals surface area contributed by atoms with Gasteiger partial charge in [0.25, 0.3) is 0 Å². The summed E-state index contributed by atoms with van der Waals surface area (Å²) in [6.45, 7) is 23.0. The maximum atomic E-state index is 12.1. The van der Waals surface area contributed by atoms with E-state index in [1.807, 2.05) is 0 Å². The van der Waals surface area contributed by atoms with E-state index in [2.05, 4.69) is 93.2 Å². The predicted molar refractivity (Wildman–Crippen MR) is 144 cm³/mol. The molecule has 2 N–H and O–H groups in total. The number of hydrogen-bond acceptors (Lipinski definition) is 2. The van der Waals surface area contributed by atoms with Crippen LogP contribution >= 0.6 is 0 Å². The third-order valence-corrected chi connectivity index (χ3v) is 6.61. The first kappa shape index (κ1) is 27.7. The second-order valence-electron chi connectivity index (χ2n) is 11.7. The average Bonchev–Trinajstić information content (AvgIpc) is 2.72. The first-order chi connectivity index (χ1) is 15.6. The van der Waals surface area contributed by atoms with Crippen molar-refractivity contribution in [2.24, 2.45) is 0 Å². The maximum Gasteiger partial charge on any atom is 0.335 e. The number of aryl methyl sites for hydroxylation is 2. The molecule has 0 bridgehead atoms. The Labute approximate surface area is 206 Å². The van der Waals surface area contributed by atoms with Crippen LogP contribution in [0.4, 0.5) is 0 Å². The van der Waals surface area contributed by atoms with Crippen LogP contribution in [-0.4, -0.2) is 16.2 Å². The Morgan fingerprint density at radius 3 is 1.71 bits per heavy atom. The molecule has 3 nitrogen and oxygen atoms in total. The van der Waals surface area contributed by atoms with Gasteiger partial charge in [-0.05, 0) is 57.1 Å². The molecule has 0 heterocycles. The molecule has 0 aliphatic carbocycles. The fourth-order valence-electron chi connectivity index (χ4n) is 4.76. The van der Waals surface area contributed by atoms with Gasteiger partial charge in [0.15, 0.2) is 0 Å². The van der Waals surface area contributed by atoms with Gasteiger partial charge in [-0.15, -0.1) is 0 Å².